The highest BCUT2D eigenvalue weighted by Gasteiger charge is 2.22. The highest BCUT2D eigenvalue weighted by atomic mass is 16.5. The molecule has 0 aliphatic carbocycles. The monoisotopic (exact) mass is 338 g/mol. The van der Waals surface area contributed by atoms with Gasteiger partial charge in [-0.1, -0.05) is 29.8 Å². The number of likely N-dealkylation sites (tertiary alicyclic amines) is 1. The van der Waals surface area contributed by atoms with Gasteiger partial charge in [-0.25, -0.2) is 0 Å². The van der Waals surface area contributed by atoms with Gasteiger partial charge in [0.25, 0.3) is 5.91 Å². The lowest BCUT2D eigenvalue weighted by molar-refractivity contribution is -0.134. The molecule has 1 aromatic heterocycles. The third kappa shape index (κ3) is 5.31. The van der Waals surface area contributed by atoms with E-state index < -0.39 is 0 Å². The van der Waals surface area contributed by atoms with Crippen molar-refractivity contribution in [2.45, 2.75) is 32.6 Å². The first-order valence-corrected chi connectivity index (χ1v) is 9.07. The van der Waals surface area contributed by atoms with Gasteiger partial charge in [-0.15, -0.1) is 0 Å². The molecule has 0 spiro atoms. The van der Waals surface area contributed by atoms with Crippen LogP contribution in [0.2, 0.25) is 0 Å². The van der Waals surface area contributed by atoms with Crippen LogP contribution in [0.15, 0.2) is 48.8 Å². The van der Waals surface area contributed by atoms with Gasteiger partial charge in [-0.2, -0.15) is 0 Å². The molecular formula is C21H26N2O2. The van der Waals surface area contributed by atoms with Crippen molar-refractivity contribution in [1.29, 1.82) is 0 Å². The van der Waals surface area contributed by atoms with Crippen LogP contribution >= 0.6 is 0 Å². The van der Waals surface area contributed by atoms with E-state index in [9.17, 15) is 4.79 Å². The first-order chi connectivity index (χ1) is 12.2. The van der Waals surface area contributed by atoms with Gasteiger partial charge in [0.2, 0.25) is 0 Å². The van der Waals surface area contributed by atoms with Gasteiger partial charge in [0.1, 0.15) is 5.75 Å². The molecule has 0 saturated carbocycles. The second kappa shape index (κ2) is 8.65. The van der Waals surface area contributed by atoms with Gasteiger partial charge in [-0.3, -0.25) is 9.78 Å². The number of hydrogen-bond acceptors (Lipinski definition) is 3. The van der Waals surface area contributed by atoms with Crippen LogP contribution in [0.25, 0.3) is 0 Å². The number of aromatic nitrogens is 1. The normalized spacial score (nSPS) is 15.2. The molecule has 0 radical (unpaired) electrons. The van der Waals surface area contributed by atoms with Crippen molar-refractivity contribution in [3.05, 3.63) is 59.9 Å². The summed E-state index contributed by atoms with van der Waals surface area (Å²) in [5, 5.41) is 0. The van der Waals surface area contributed by atoms with Crippen LogP contribution in [-0.4, -0.2) is 35.5 Å². The van der Waals surface area contributed by atoms with Crippen molar-refractivity contribution < 1.29 is 9.53 Å². The number of benzene rings is 1. The summed E-state index contributed by atoms with van der Waals surface area (Å²) in [6.45, 7) is 3.90. The number of carbonyl (C=O) groups excluding carboxylic acids is 1. The Balaban J connectivity index is 1.37. The molecule has 1 saturated heterocycles. The van der Waals surface area contributed by atoms with E-state index in [1.165, 1.54) is 17.5 Å². The first-order valence-electron chi connectivity index (χ1n) is 9.07. The fourth-order valence-electron chi connectivity index (χ4n) is 3.27. The van der Waals surface area contributed by atoms with E-state index in [2.05, 4.69) is 36.2 Å². The predicted octanol–water partition coefficient (Wildman–Crippen LogP) is 3.64. The van der Waals surface area contributed by atoms with E-state index in [0.29, 0.717) is 11.7 Å². The zero-order chi connectivity index (χ0) is 17.5. The summed E-state index contributed by atoms with van der Waals surface area (Å²) in [4.78, 5) is 18.2. The molecule has 1 aliphatic heterocycles. The summed E-state index contributed by atoms with van der Waals surface area (Å²) in [5.74, 6) is 1.43. The van der Waals surface area contributed by atoms with Gasteiger partial charge in [-0.05, 0) is 56.2 Å². The van der Waals surface area contributed by atoms with E-state index in [0.717, 1.165) is 32.4 Å². The van der Waals surface area contributed by atoms with E-state index in [4.69, 9.17) is 4.74 Å². The maximum Gasteiger partial charge on any atom is 0.260 e. The van der Waals surface area contributed by atoms with Crippen molar-refractivity contribution in [2.75, 3.05) is 19.7 Å². The molecule has 2 aromatic rings. The van der Waals surface area contributed by atoms with Crippen LogP contribution in [0, 0.1) is 12.8 Å². The van der Waals surface area contributed by atoms with Crippen molar-refractivity contribution in [1.82, 2.24) is 9.88 Å². The lowest BCUT2D eigenvalue weighted by atomic mass is 9.90. The second-order valence-electron chi connectivity index (χ2n) is 6.83. The number of hydrogen-bond donors (Lipinski definition) is 0. The predicted molar refractivity (Wildman–Crippen MR) is 98.5 cm³/mol. The average Bonchev–Trinajstić information content (AvgIpc) is 2.67. The molecule has 1 amide bonds. The van der Waals surface area contributed by atoms with Crippen LogP contribution in [0.1, 0.15) is 30.4 Å². The number of rotatable bonds is 6. The minimum atomic E-state index is 0.0702. The Morgan fingerprint density at radius 3 is 2.64 bits per heavy atom. The molecule has 3 rings (SSSR count). The Morgan fingerprint density at radius 2 is 1.96 bits per heavy atom. The molecule has 1 fully saturated rings. The Kier molecular flexibility index (Phi) is 6.04. The van der Waals surface area contributed by atoms with Gasteiger partial charge in [0.15, 0.2) is 6.61 Å². The number of nitrogens with zero attached hydrogens (tertiary/aromatic N) is 2. The maximum atomic E-state index is 12.3. The average molecular weight is 338 g/mol. The van der Waals surface area contributed by atoms with Crippen LogP contribution in [-0.2, 0) is 11.2 Å². The number of amides is 1. The minimum absolute atomic E-state index is 0.0702. The first kappa shape index (κ1) is 17.5. The van der Waals surface area contributed by atoms with E-state index >= 15 is 0 Å². The molecule has 0 bridgehead atoms. The smallest absolute Gasteiger partial charge is 0.260 e. The number of piperidine rings is 1. The van der Waals surface area contributed by atoms with Crippen molar-refractivity contribution in [3.8, 4) is 5.75 Å². The second-order valence-corrected chi connectivity index (χ2v) is 6.83. The van der Waals surface area contributed by atoms with E-state index in [-0.39, 0.29) is 12.5 Å². The lowest BCUT2D eigenvalue weighted by Gasteiger charge is -2.32. The molecule has 4 nitrogen and oxygen atoms in total. The molecule has 132 valence electrons. The highest BCUT2D eigenvalue weighted by molar-refractivity contribution is 5.77. The third-order valence-corrected chi connectivity index (χ3v) is 4.93. The van der Waals surface area contributed by atoms with Crippen LogP contribution in [0.3, 0.4) is 0 Å². The standard InChI is InChI=1S/C21H26N2O2/c1-17-4-6-18(7-5-17)8-9-19-10-13-23(14-11-19)21(24)16-25-20-3-2-12-22-15-20/h2-7,12,15,19H,8-11,13-14,16H2,1H3. The molecule has 2 heterocycles. The molecule has 25 heavy (non-hydrogen) atoms. The molecule has 0 unspecified atom stereocenters. The van der Waals surface area contributed by atoms with Gasteiger partial charge in [0.05, 0.1) is 6.20 Å². The maximum absolute atomic E-state index is 12.3. The summed E-state index contributed by atoms with van der Waals surface area (Å²) in [6.07, 6.45) is 7.83. The highest BCUT2D eigenvalue weighted by Crippen LogP contribution is 2.22. The number of aryl methyl sites for hydroxylation is 2. The SMILES string of the molecule is Cc1ccc(CCC2CCN(C(=O)COc3cccnc3)CC2)cc1. The Hall–Kier alpha value is -2.36. The van der Waals surface area contributed by atoms with Crippen LogP contribution in [0.5, 0.6) is 5.75 Å². The van der Waals surface area contributed by atoms with Gasteiger partial charge < -0.3 is 9.64 Å². The third-order valence-electron chi connectivity index (χ3n) is 4.93. The Morgan fingerprint density at radius 1 is 1.20 bits per heavy atom. The van der Waals surface area contributed by atoms with Gasteiger partial charge in [0, 0.05) is 19.3 Å². The summed E-state index contributed by atoms with van der Waals surface area (Å²) in [5.41, 5.74) is 2.72. The number of carbonyl (C=O) groups is 1. The molecule has 0 N–H and O–H groups in total. The van der Waals surface area contributed by atoms with Crippen molar-refractivity contribution >= 4 is 5.91 Å². The summed E-state index contributed by atoms with van der Waals surface area (Å²) in [6, 6.07) is 12.4. The number of pyridine rings is 1. The minimum Gasteiger partial charge on any atom is -0.482 e. The number of ether oxygens (including phenoxy) is 1. The van der Waals surface area contributed by atoms with Gasteiger partial charge >= 0.3 is 0 Å². The summed E-state index contributed by atoms with van der Waals surface area (Å²) < 4.78 is 5.51. The van der Waals surface area contributed by atoms with E-state index in [1.807, 2.05) is 11.0 Å². The van der Waals surface area contributed by atoms with Crippen LogP contribution < -0.4 is 4.74 Å². The summed E-state index contributed by atoms with van der Waals surface area (Å²) >= 11 is 0. The largest absolute Gasteiger partial charge is 0.482 e. The fraction of sp³-hybridized carbons (Fsp3) is 0.429. The van der Waals surface area contributed by atoms with E-state index in [1.54, 1.807) is 18.5 Å². The lowest BCUT2D eigenvalue weighted by Crippen LogP contribution is -2.41. The van der Waals surface area contributed by atoms with Crippen molar-refractivity contribution in [2.24, 2.45) is 5.92 Å². The Bertz CT molecular complexity index is 662. The molecule has 1 aliphatic rings. The Labute approximate surface area is 149 Å². The topological polar surface area (TPSA) is 42.4 Å². The molecule has 0 atom stereocenters. The van der Waals surface area contributed by atoms with Crippen molar-refractivity contribution in [3.63, 3.8) is 0 Å². The zero-order valence-corrected chi connectivity index (χ0v) is 14.9. The summed E-state index contributed by atoms with van der Waals surface area (Å²) in [7, 11) is 0. The quantitative estimate of drug-likeness (QED) is 0.807. The zero-order valence-electron chi connectivity index (χ0n) is 14.9. The fourth-order valence-corrected chi connectivity index (χ4v) is 3.27. The molecule has 4 heteroatoms. The molecule has 1 aromatic carbocycles. The molecular weight excluding hydrogens is 312 g/mol. The van der Waals surface area contributed by atoms with Crippen LogP contribution in [0.4, 0.5) is 0 Å².